The largest absolute Gasteiger partial charge is 0.505 e. The van der Waals surface area contributed by atoms with Crippen molar-refractivity contribution in [2.24, 2.45) is 0 Å². The molecular formula is C17H16FIN4O2. The lowest BCUT2D eigenvalue weighted by Crippen LogP contribution is -2.23. The van der Waals surface area contributed by atoms with Crippen molar-refractivity contribution in [2.75, 3.05) is 0 Å². The molecule has 0 fully saturated rings. The maximum Gasteiger partial charge on any atom is 0.277 e. The van der Waals surface area contributed by atoms with Crippen LogP contribution in [-0.4, -0.2) is 26.0 Å². The van der Waals surface area contributed by atoms with Crippen LogP contribution in [0.5, 0.6) is 5.75 Å². The summed E-state index contributed by atoms with van der Waals surface area (Å²) in [7, 11) is 0. The fourth-order valence-electron chi connectivity index (χ4n) is 1.78. The molecule has 0 radical (unpaired) electrons. The molecule has 25 heavy (non-hydrogen) atoms. The Morgan fingerprint density at radius 3 is 2.76 bits per heavy atom. The highest BCUT2D eigenvalue weighted by Gasteiger charge is 2.13. The number of halogens is 2. The first-order valence-electron chi connectivity index (χ1n) is 7.20. The maximum absolute atomic E-state index is 13.1. The number of aromatic nitrogens is 3. The Morgan fingerprint density at radius 2 is 2.12 bits per heavy atom. The highest BCUT2D eigenvalue weighted by molar-refractivity contribution is 14.1. The van der Waals surface area contributed by atoms with Crippen LogP contribution < -0.4 is 5.32 Å². The van der Waals surface area contributed by atoms with Crippen LogP contribution in [0.4, 0.5) is 4.39 Å². The molecule has 0 atom stereocenters. The van der Waals surface area contributed by atoms with E-state index in [1.54, 1.807) is 0 Å². The Hall–Kier alpha value is -2.49. The van der Waals surface area contributed by atoms with Crippen LogP contribution in [-0.2, 0) is 0 Å². The second-order valence-corrected chi connectivity index (χ2v) is 6.92. The number of carbonyl (C=O) groups excluding carboxylic acids is 1. The molecular weight excluding hydrogens is 438 g/mol. The van der Waals surface area contributed by atoms with Crippen LogP contribution in [0, 0.1) is 5.82 Å². The molecule has 0 saturated heterocycles. The predicted molar refractivity (Wildman–Crippen MR) is 101 cm³/mol. The summed E-state index contributed by atoms with van der Waals surface area (Å²) in [6, 6.07) is 3.71. The SMILES string of the molecule is C=C(NC(=O)c1cn(-c2ccc(F)c(O)c2)nn1)/C(C)=C\C=C(/C)I. The molecule has 0 saturated carbocycles. The zero-order valence-corrected chi connectivity index (χ0v) is 15.8. The molecule has 0 aliphatic heterocycles. The zero-order valence-electron chi connectivity index (χ0n) is 13.6. The van der Waals surface area contributed by atoms with Crippen LogP contribution >= 0.6 is 22.6 Å². The third-order valence-corrected chi connectivity index (χ3v) is 3.58. The smallest absolute Gasteiger partial charge is 0.277 e. The summed E-state index contributed by atoms with van der Waals surface area (Å²) < 4.78 is 15.5. The summed E-state index contributed by atoms with van der Waals surface area (Å²) in [6.45, 7) is 7.61. The summed E-state index contributed by atoms with van der Waals surface area (Å²) in [5, 5.41) is 19.6. The molecule has 8 heteroatoms. The number of benzene rings is 1. The number of hydrogen-bond acceptors (Lipinski definition) is 4. The predicted octanol–water partition coefficient (Wildman–Crippen LogP) is 3.64. The molecule has 0 aliphatic rings. The van der Waals surface area contributed by atoms with E-state index in [9.17, 15) is 14.3 Å². The van der Waals surface area contributed by atoms with Crippen molar-refractivity contribution < 1.29 is 14.3 Å². The van der Waals surface area contributed by atoms with E-state index in [-0.39, 0.29) is 5.69 Å². The average molecular weight is 454 g/mol. The Morgan fingerprint density at radius 1 is 1.40 bits per heavy atom. The highest BCUT2D eigenvalue weighted by Crippen LogP contribution is 2.19. The van der Waals surface area contributed by atoms with Crippen molar-refractivity contribution in [3.63, 3.8) is 0 Å². The molecule has 2 aromatic rings. The van der Waals surface area contributed by atoms with Gasteiger partial charge in [0.2, 0.25) is 0 Å². The number of rotatable bonds is 5. The van der Waals surface area contributed by atoms with Crippen LogP contribution in [0.25, 0.3) is 5.69 Å². The summed E-state index contributed by atoms with van der Waals surface area (Å²) >= 11 is 2.18. The summed E-state index contributed by atoms with van der Waals surface area (Å²) in [4.78, 5) is 12.2. The lowest BCUT2D eigenvalue weighted by Gasteiger charge is -2.06. The minimum atomic E-state index is -0.740. The summed E-state index contributed by atoms with van der Waals surface area (Å²) in [5.41, 5.74) is 1.70. The third kappa shape index (κ3) is 4.99. The number of nitrogens with one attached hydrogen (secondary N) is 1. The van der Waals surface area contributed by atoms with Gasteiger partial charge in [-0.05, 0) is 57.7 Å². The average Bonchev–Trinajstić information content (AvgIpc) is 3.05. The molecule has 2 N–H and O–H groups in total. The highest BCUT2D eigenvalue weighted by atomic mass is 127. The van der Waals surface area contributed by atoms with Crippen molar-refractivity contribution in [3.8, 4) is 11.4 Å². The number of amides is 1. The lowest BCUT2D eigenvalue weighted by atomic mass is 10.2. The van der Waals surface area contributed by atoms with Crippen molar-refractivity contribution >= 4 is 28.5 Å². The molecule has 0 aliphatic carbocycles. The molecule has 1 amide bonds. The lowest BCUT2D eigenvalue weighted by molar-refractivity contribution is 0.0962. The van der Waals surface area contributed by atoms with E-state index in [0.29, 0.717) is 11.4 Å². The number of phenols is 1. The van der Waals surface area contributed by atoms with Crippen LogP contribution in [0.15, 0.2) is 58.0 Å². The number of aromatic hydroxyl groups is 1. The van der Waals surface area contributed by atoms with Gasteiger partial charge in [0, 0.05) is 11.8 Å². The van der Waals surface area contributed by atoms with Gasteiger partial charge in [0.1, 0.15) is 0 Å². The fraction of sp³-hybridized carbons (Fsp3) is 0.118. The molecule has 6 nitrogen and oxygen atoms in total. The van der Waals surface area contributed by atoms with Gasteiger partial charge in [-0.3, -0.25) is 4.79 Å². The van der Waals surface area contributed by atoms with Gasteiger partial charge >= 0.3 is 0 Å². The van der Waals surface area contributed by atoms with Gasteiger partial charge in [-0.1, -0.05) is 23.9 Å². The Balaban J connectivity index is 2.12. The van der Waals surface area contributed by atoms with Gasteiger partial charge in [0.25, 0.3) is 5.91 Å². The van der Waals surface area contributed by atoms with Crippen LogP contribution in [0.1, 0.15) is 24.3 Å². The zero-order chi connectivity index (χ0) is 18.6. The first-order valence-corrected chi connectivity index (χ1v) is 8.28. The fourth-order valence-corrected chi connectivity index (χ4v) is 1.96. The van der Waals surface area contributed by atoms with E-state index < -0.39 is 17.5 Å². The maximum atomic E-state index is 13.1. The number of phenolic OH excluding ortho intramolecular Hbond substituents is 1. The van der Waals surface area contributed by atoms with Gasteiger partial charge in [-0.25, -0.2) is 9.07 Å². The molecule has 1 aromatic heterocycles. The van der Waals surface area contributed by atoms with Crippen molar-refractivity contribution in [1.82, 2.24) is 20.3 Å². The third-order valence-electron chi connectivity index (χ3n) is 3.22. The van der Waals surface area contributed by atoms with Crippen molar-refractivity contribution in [1.29, 1.82) is 0 Å². The topological polar surface area (TPSA) is 80.0 Å². The van der Waals surface area contributed by atoms with E-state index in [1.807, 2.05) is 26.0 Å². The molecule has 1 aromatic carbocycles. The molecule has 2 rings (SSSR count). The van der Waals surface area contributed by atoms with E-state index in [0.717, 1.165) is 15.2 Å². The Labute approximate surface area is 157 Å². The van der Waals surface area contributed by atoms with Gasteiger partial charge in [-0.15, -0.1) is 5.10 Å². The number of allylic oxidation sites excluding steroid dienone is 4. The Kier molecular flexibility index (Phi) is 6.07. The first kappa shape index (κ1) is 18.8. The summed E-state index contributed by atoms with van der Waals surface area (Å²) in [5.74, 6) is -1.71. The van der Waals surface area contributed by atoms with Crippen LogP contribution in [0.2, 0.25) is 0 Å². The van der Waals surface area contributed by atoms with Gasteiger partial charge in [-0.2, -0.15) is 0 Å². The first-order chi connectivity index (χ1) is 11.8. The van der Waals surface area contributed by atoms with Gasteiger partial charge in [0.05, 0.1) is 11.9 Å². The van der Waals surface area contributed by atoms with E-state index in [2.05, 4.69) is 44.8 Å². The number of hydrogen-bond donors (Lipinski definition) is 2. The van der Waals surface area contributed by atoms with E-state index in [4.69, 9.17) is 0 Å². The minimum absolute atomic E-state index is 0.0679. The standard InChI is InChI=1S/C17H16FIN4O2/c1-10(4-5-11(2)19)12(3)20-17(25)15-9-23(22-21-15)13-6-7-14(18)16(24)8-13/h4-9,24H,3H2,1-2H3,(H,20,25)/b10-4-,11-5+. The number of carbonyl (C=O) groups is 1. The second kappa shape index (κ2) is 8.06. The second-order valence-electron chi connectivity index (χ2n) is 5.22. The minimum Gasteiger partial charge on any atom is -0.505 e. The normalized spacial score (nSPS) is 12.2. The van der Waals surface area contributed by atoms with Crippen molar-refractivity contribution in [2.45, 2.75) is 13.8 Å². The molecule has 0 bridgehead atoms. The van der Waals surface area contributed by atoms with Crippen LogP contribution in [0.3, 0.4) is 0 Å². The van der Waals surface area contributed by atoms with Gasteiger partial charge in [0.15, 0.2) is 17.3 Å². The van der Waals surface area contributed by atoms with E-state index in [1.165, 1.54) is 23.0 Å². The molecule has 0 unspecified atom stereocenters. The Bertz CT molecular complexity index is 883. The van der Waals surface area contributed by atoms with Gasteiger partial charge < -0.3 is 10.4 Å². The summed E-state index contributed by atoms with van der Waals surface area (Å²) in [6.07, 6.45) is 5.14. The molecule has 0 spiro atoms. The quantitative estimate of drug-likeness (QED) is 0.534. The number of nitrogens with zero attached hydrogens (tertiary/aromatic N) is 3. The molecule has 130 valence electrons. The van der Waals surface area contributed by atoms with Crippen molar-refractivity contribution in [3.05, 3.63) is 69.5 Å². The molecule has 1 heterocycles. The monoisotopic (exact) mass is 454 g/mol. The van der Waals surface area contributed by atoms with E-state index >= 15 is 0 Å².